The van der Waals surface area contributed by atoms with E-state index in [1.54, 1.807) is 30.3 Å². The van der Waals surface area contributed by atoms with E-state index in [0.717, 1.165) is 12.0 Å². The third-order valence-electron chi connectivity index (χ3n) is 3.16. The van der Waals surface area contributed by atoms with E-state index in [4.69, 9.17) is 11.6 Å². The zero-order chi connectivity index (χ0) is 15.5. The molecule has 2 rings (SSSR count). The summed E-state index contributed by atoms with van der Waals surface area (Å²) in [5, 5.41) is 3.45. The summed E-state index contributed by atoms with van der Waals surface area (Å²) in [6.45, 7) is 2.03. The fourth-order valence-electron chi connectivity index (χ4n) is 2.05. The monoisotopic (exact) mass is 325 g/mol. The first-order valence-corrected chi connectivity index (χ1v) is 8.62. The first-order chi connectivity index (χ1) is 9.90. The number of anilines is 1. The van der Waals surface area contributed by atoms with Crippen LogP contribution in [0.4, 0.5) is 5.69 Å². The molecule has 0 fully saturated rings. The molecule has 0 saturated carbocycles. The van der Waals surface area contributed by atoms with E-state index >= 15 is 0 Å². The molecule has 1 atom stereocenters. The molecule has 3 N–H and O–H groups in total. The van der Waals surface area contributed by atoms with Crippen molar-refractivity contribution in [1.29, 1.82) is 0 Å². The maximum absolute atomic E-state index is 11.8. The van der Waals surface area contributed by atoms with Crippen LogP contribution < -0.4 is 5.32 Å². The van der Waals surface area contributed by atoms with E-state index in [9.17, 15) is 14.4 Å². The molecule has 0 bridgehead atoms. The van der Waals surface area contributed by atoms with Crippen molar-refractivity contribution in [3.8, 4) is 0 Å². The van der Waals surface area contributed by atoms with Crippen LogP contribution in [0.15, 0.2) is 48.5 Å². The van der Waals surface area contributed by atoms with Gasteiger partial charge in [-0.3, -0.25) is 4.57 Å². The van der Waals surface area contributed by atoms with E-state index in [1.807, 2.05) is 25.1 Å². The molecule has 0 aliphatic heterocycles. The average molecular weight is 326 g/mol. The molecular weight excluding hydrogens is 309 g/mol. The quantitative estimate of drug-likeness (QED) is 0.721. The molecule has 0 saturated heterocycles. The molecule has 112 valence electrons. The van der Waals surface area contributed by atoms with Gasteiger partial charge in [0.25, 0.3) is 0 Å². The van der Waals surface area contributed by atoms with Crippen LogP contribution in [0.25, 0.3) is 0 Å². The van der Waals surface area contributed by atoms with Crippen LogP contribution in [0.1, 0.15) is 23.8 Å². The van der Waals surface area contributed by atoms with Crippen molar-refractivity contribution >= 4 is 24.9 Å². The van der Waals surface area contributed by atoms with Gasteiger partial charge in [0.15, 0.2) is 5.78 Å². The molecule has 0 amide bonds. The van der Waals surface area contributed by atoms with Gasteiger partial charge in [0.2, 0.25) is 0 Å². The van der Waals surface area contributed by atoms with Crippen LogP contribution in [0, 0.1) is 0 Å². The summed E-state index contributed by atoms with van der Waals surface area (Å²) in [5.41, 5.74) is 2.27. The number of hydrogen-bond acceptors (Lipinski definition) is 2. The molecule has 0 radical (unpaired) electrons. The molecule has 6 heteroatoms. The topological polar surface area (TPSA) is 69.6 Å². The van der Waals surface area contributed by atoms with Crippen LogP contribution in [0.2, 0.25) is 5.02 Å². The van der Waals surface area contributed by atoms with Crippen LogP contribution >= 0.6 is 19.2 Å². The highest BCUT2D eigenvalue weighted by molar-refractivity contribution is 7.52. The van der Waals surface area contributed by atoms with Gasteiger partial charge in [-0.15, -0.1) is 0 Å². The molecule has 0 spiro atoms. The van der Waals surface area contributed by atoms with Gasteiger partial charge in [0.05, 0.1) is 0 Å². The zero-order valence-corrected chi connectivity index (χ0v) is 13.2. The number of nitrogens with one attached hydrogen (secondary N) is 1. The number of rotatable bonds is 5. The second-order valence-electron chi connectivity index (χ2n) is 4.74. The number of benzene rings is 2. The third-order valence-corrected chi connectivity index (χ3v) is 4.51. The smallest absolute Gasteiger partial charge is 0.352 e. The van der Waals surface area contributed by atoms with Gasteiger partial charge < -0.3 is 15.1 Å². The standard InChI is InChI=1S/C15H17ClNO3P/c1-2-11-4-3-5-14(10-11)17-15(21(18,19)20)12-6-8-13(16)9-7-12/h3-10,15,17H,2H2,1H3,(H2,18,19,20)/t15-/m0/s1. The Balaban J connectivity index is 2.33. The summed E-state index contributed by atoms with van der Waals surface area (Å²) in [6.07, 6.45) is 0.858. The Labute approximate surface area is 128 Å². The fourth-order valence-corrected chi connectivity index (χ4v) is 3.05. The lowest BCUT2D eigenvalue weighted by molar-refractivity contribution is 0.363. The molecule has 0 aliphatic carbocycles. The zero-order valence-electron chi connectivity index (χ0n) is 11.5. The molecule has 0 unspecified atom stereocenters. The number of aryl methyl sites for hydroxylation is 1. The second-order valence-corrected chi connectivity index (χ2v) is 6.87. The lowest BCUT2D eigenvalue weighted by Crippen LogP contribution is -2.11. The van der Waals surface area contributed by atoms with Gasteiger partial charge in [0.1, 0.15) is 0 Å². The van der Waals surface area contributed by atoms with Crippen LogP contribution in [-0.4, -0.2) is 9.79 Å². The van der Waals surface area contributed by atoms with Crippen molar-refractivity contribution in [2.75, 3.05) is 5.32 Å². The van der Waals surface area contributed by atoms with Crippen LogP contribution in [0.5, 0.6) is 0 Å². The van der Waals surface area contributed by atoms with Gasteiger partial charge in [-0.05, 0) is 41.8 Å². The summed E-state index contributed by atoms with van der Waals surface area (Å²) >= 11 is 5.82. The molecule has 2 aromatic carbocycles. The Hall–Kier alpha value is -1.32. The normalized spacial score (nSPS) is 13.0. The lowest BCUT2D eigenvalue weighted by atomic mass is 10.1. The van der Waals surface area contributed by atoms with E-state index in [1.165, 1.54) is 0 Å². The van der Waals surface area contributed by atoms with Crippen molar-refractivity contribution in [2.45, 2.75) is 19.1 Å². The van der Waals surface area contributed by atoms with Crippen LogP contribution in [-0.2, 0) is 11.0 Å². The molecule has 21 heavy (non-hydrogen) atoms. The Kier molecular flexibility index (Phi) is 5.07. The van der Waals surface area contributed by atoms with Gasteiger partial charge in [0, 0.05) is 10.7 Å². The van der Waals surface area contributed by atoms with Crippen molar-refractivity contribution in [1.82, 2.24) is 0 Å². The number of hydrogen-bond donors (Lipinski definition) is 3. The Morgan fingerprint density at radius 2 is 1.86 bits per heavy atom. The minimum Gasteiger partial charge on any atom is -0.368 e. The van der Waals surface area contributed by atoms with Crippen molar-refractivity contribution in [3.63, 3.8) is 0 Å². The summed E-state index contributed by atoms with van der Waals surface area (Å²) < 4.78 is 11.8. The predicted molar refractivity (Wildman–Crippen MR) is 85.7 cm³/mol. The van der Waals surface area contributed by atoms with E-state index in [0.29, 0.717) is 16.3 Å². The van der Waals surface area contributed by atoms with Gasteiger partial charge in [-0.25, -0.2) is 0 Å². The van der Waals surface area contributed by atoms with Gasteiger partial charge in [-0.2, -0.15) is 0 Å². The minimum absolute atomic E-state index is 0.495. The molecule has 0 aromatic heterocycles. The summed E-state index contributed by atoms with van der Waals surface area (Å²) in [6, 6.07) is 14.0. The molecule has 0 heterocycles. The number of halogens is 1. The minimum atomic E-state index is -4.36. The molecule has 4 nitrogen and oxygen atoms in total. The SMILES string of the molecule is CCc1cccc(N[C@H](c2ccc(Cl)cc2)P(=O)(O)O)c1. The summed E-state index contributed by atoms with van der Waals surface area (Å²) in [5.74, 6) is -1.10. The highest BCUT2D eigenvalue weighted by Gasteiger charge is 2.30. The van der Waals surface area contributed by atoms with E-state index < -0.39 is 13.4 Å². The summed E-state index contributed by atoms with van der Waals surface area (Å²) in [7, 11) is -4.36. The Morgan fingerprint density at radius 3 is 2.43 bits per heavy atom. The molecule has 2 aromatic rings. The third kappa shape index (κ3) is 4.32. The van der Waals surface area contributed by atoms with Crippen molar-refractivity contribution < 1.29 is 14.4 Å². The average Bonchev–Trinajstić information content (AvgIpc) is 2.45. The van der Waals surface area contributed by atoms with Crippen molar-refractivity contribution in [3.05, 3.63) is 64.7 Å². The maximum atomic E-state index is 11.8. The largest absolute Gasteiger partial charge is 0.368 e. The van der Waals surface area contributed by atoms with Gasteiger partial charge >= 0.3 is 7.60 Å². The van der Waals surface area contributed by atoms with Crippen molar-refractivity contribution in [2.24, 2.45) is 0 Å². The molecular formula is C15H17ClNO3P. The highest BCUT2D eigenvalue weighted by Crippen LogP contribution is 2.51. The summed E-state index contributed by atoms with van der Waals surface area (Å²) in [4.78, 5) is 19.2. The van der Waals surface area contributed by atoms with E-state index in [-0.39, 0.29) is 0 Å². The Morgan fingerprint density at radius 1 is 1.19 bits per heavy atom. The Bertz CT molecular complexity index is 654. The maximum Gasteiger partial charge on any atom is 0.352 e. The van der Waals surface area contributed by atoms with Crippen LogP contribution in [0.3, 0.4) is 0 Å². The lowest BCUT2D eigenvalue weighted by Gasteiger charge is -2.22. The van der Waals surface area contributed by atoms with E-state index in [2.05, 4.69) is 5.32 Å². The second kappa shape index (κ2) is 6.63. The first kappa shape index (κ1) is 16.1. The fraction of sp³-hybridized carbons (Fsp3) is 0.200. The molecule has 0 aliphatic rings. The highest BCUT2D eigenvalue weighted by atomic mass is 35.5. The van der Waals surface area contributed by atoms with Gasteiger partial charge in [-0.1, -0.05) is 42.8 Å². The predicted octanol–water partition coefficient (Wildman–Crippen LogP) is 4.19. The first-order valence-electron chi connectivity index (χ1n) is 6.56.